The second-order valence-electron chi connectivity index (χ2n) is 4.08. The number of phenolic OH excluding ortho intramolecular Hbond substituents is 1. The first kappa shape index (κ1) is 13.5. The molecule has 0 fully saturated rings. The molecular formula is C13H20N2O2. The Bertz CT molecular complexity index is 385. The molecule has 3 N–H and O–H groups in total. The van der Waals surface area contributed by atoms with Crippen LogP contribution >= 0.6 is 0 Å². The molecule has 0 radical (unpaired) electrons. The van der Waals surface area contributed by atoms with Crippen LogP contribution in [0.3, 0.4) is 0 Å². The summed E-state index contributed by atoms with van der Waals surface area (Å²) in [5.41, 5.74) is 6.92. The number of nitrogens with two attached hydrogens (primary N) is 1. The number of aromatic hydroxyl groups is 1. The molecule has 4 heteroatoms. The number of carbonyl (C=O) groups is 1. The molecule has 0 heterocycles. The number of carbonyl (C=O) groups excluding carboxylic acids is 1. The number of hydrogen-bond acceptors (Lipinski definition) is 3. The van der Waals surface area contributed by atoms with Crippen molar-refractivity contribution in [3.05, 3.63) is 29.3 Å². The molecule has 17 heavy (non-hydrogen) atoms. The van der Waals surface area contributed by atoms with Gasteiger partial charge in [0, 0.05) is 25.2 Å². The highest BCUT2D eigenvalue weighted by molar-refractivity contribution is 5.95. The quantitative estimate of drug-likeness (QED) is 0.814. The molecule has 1 amide bonds. The lowest BCUT2D eigenvalue weighted by Gasteiger charge is -2.22. The monoisotopic (exact) mass is 236 g/mol. The zero-order chi connectivity index (χ0) is 12.8. The number of aryl methyl sites for hydroxylation is 1. The first-order valence-corrected chi connectivity index (χ1v) is 5.89. The van der Waals surface area contributed by atoms with Crippen molar-refractivity contribution in [3.63, 3.8) is 0 Å². The van der Waals surface area contributed by atoms with Crippen LogP contribution in [0.4, 0.5) is 0 Å². The molecule has 0 unspecified atom stereocenters. The number of phenols is 1. The molecule has 0 spiro atoms. The summed E-state index contributed by atoms with van der Waals surface area (Å²) in [6.45, 7) is 5.58. The van der Waals surface area contributed by atoms with Crippen molar-refractivity contribution in [2.75, 3.05) is 19.6 Å². The lowest BCUT2D eigenvalue weighted by molar-refractivity contribution is 0.0759. The molecule has 0 aliphatic rings. The fourth-order valence-corrected chi connectivity index (χ4v) is 1.80. The van der Waals surface area contributed by atoms with Gasteiger partial charge in [-0.25, -0.2) is 0 Å². The SMILES string of the molecule is CCCN(CCN)C(=O)c1ccc(O)cc1C. The van der Waals surface area contributed by atoms with Gasteiger partial charge in [0.2, 0.25) is 0 Å². The first-order valence-electron chi connectivity index (χ1n) is 5.89. The number of nitrogens with zero attached hydrogens (tertiary/aromatic N) is 1. The van der Waals surface area contributed by atoms with Crippen molar-refractivity contribution in [3.8, 4) is 5.75 Å². The molecular weight excluding hydrogens is 216 g/mol. The van der Waals surface area contributed by atoms with E-state index < -0.39 is 0 Å². The minimum Gasteiger partial charge on any atom is -0.508 e. The minimum atomic E-state index is -0.0187. The Hall–Kier alpha value is -1.55. The smallest absolute Gasteiger partial charge is 0.254 e. The van der Waals surface area contributed by atoms with Crippen molar-refractivity contribution in [1.82, 2.24) is 4.90 Å². The second-order valence-corrected chi connectivity index (χ2v) is 4.08. The normalized spacial score (nSPS) is 10.3. The van der Waals surface area contributed by atoms with Crippen LogP contribution in [0.2, 0.25) is 0 Å². The number of rotatable bonds is 5. The van der Waals surface area contributed by atoms with Gasteiger partial charge in [-0.15, -0.1) is 0 Å². The summed E-state index contributed by atoms with van der Waals surface area (Å²) in [6.07, 6.45) is 0.906. The molecule has 1 aromatic carbocycles. The molecule has 0 bridgehead atoms. The largest absolute Gasteiger partial charge is 0.508 e. The van der Waals surface area contributed by atoms with Gasteiger partial charge in [0.15, 0.2) is 0 Å². The number of amides is 1. The van der Waals surface area contributed by atoms with Crippen LogP contribution in [-0.2, 0) is 0 Å². The van der Waals surface area contributed by atoms with E-state index in [9.17, 15) is 9.90 Å². The summed E-state index contributed by atoms with van der Waals surface area (Å²) in [4.78, 5) is 14.0. The Morgan fingerprint density at radius 2 is 2.12 bits per heavy atom. The highest BCUT2D eigenvalue weighted by Crippen LogP contribution is 2.17. The molecule has 94 valence electrons. The number of benzene rings is 1. The average molecular weight is 236 g/mol. The Balaban J connectivity index is 2.92. The van der Waals surface area contributed by atoms with Crippen LogP contribution in [0.5, 0.6) is 5.75 Å². The zero-order valence-electron chi connectivity index (χ0n) is 10.4. The third kappa shape index (κ3) is 3.46. The Labute approximate surface area is 102 Å². The van der Waals surface area contributed by atoms with Crippen molar-refractivity contribution < 1.29 is 9.90 Å². The maximum Gasteiger partial charge on any atom is 0.254 e. The maximum absolute atomic E-state index is 12.2. The van der Waals surface area contributed by atoms with Crippen LogP contribution in [-0.4, -0.2) is 35.5 Å². The molecule has 0 aliphatic heterocycles. The average Bonchev–Trinajstić information content (AvgIpc) is 2.28. The van der Waals surface area contributed by atoms with E-state index in [1.54, 1.807) is 17.0 Å². The summed E-state index contributed by atoms with van der Waals surface area (Å²) >= 11 is 0. The van der Waals surface area contributed by atoms with Crippen LogP contribution in [0, 0.1) is 6.92 Å². The predicted octanol–water partition coefficient (Wildman–Crippen LogP) is 1.51. The lowest BCUT2D eigenvalue weighted by atomic mass is 10.1. The molecule has 0 atom stereocenters. The Morgan fingerprint density at radius 1 is 1.41 bits per heavy atom. The van der Waals surface area contributed by atoms with Gasteiger partial charge in [-0.05, 0) is 37.1 Å². The van der Waals surface area contributed by atoms with E-state index in [1.165, 1.54) is 6.07 Å². The molecule has 1 aromatic rings. The molecule has 4 nitrogen and oxygen atoms in total. The zero-order valence-corrected chi connectivity index (χ0v) is 10.4. The second kappa shape index (κ2) is 6.25. The summed E-state index contributed by atoms with van der Waals surface area (Å²) in [5.74, 6) is 0.162. The van der Waals surface area contributed by atoms with Gasteiger partial charge in [-0.2, -0.15) is 0 Å². The summed E-state index contributed by atoms with van der Waals surface area (Å²) in [7, 11) is 0. The highest BCUT2D eigenvalue weighted by atomic mass is 16.3. The van der Waals surface area contributed by atoms with E-state index in [0.717, 1.165) is 12.0 Å². The van der Waals surface area contributed by atoms with Crippen molar-refractivity contribution in [1.29, 1.82) is 0 Å². The van der Waals surface area contributed by atoms with Gasteiger partial charge in [-0.3, -0.25) is 4.79 Å². The standard InChI is InChI=1S/C13H20N2O2/c1-3-7-15(8-6-14)13(17)12-5-4-11(16)9-10(12)2/h4-5,9,16H,3,6-8,14H2,1-2H3. The third-order valence-corrected chi connectivity index (χ3v) is 2.62. The summed E-state index contributed by atoms with van der Waals surface area (Å²) in [6, 6.07) is 4.79. The summed E-state index contributed by atoms with van der Waals surface area (Å²) < 4.78 is 0. The van der Waals surface area contributed by atoms with Crippen molar-refractivity contribution in [2.24, 2.45) is 5.73 Å². The van der Waals surface area contributed by atoms with Crippen molar-refractivity contribution >= 4 is 5.91 Å². The van der Waals surface area contributed by atoms with Gasteiger partial charge < -0.3 is 15.7 Å². The Kier molecular flexibility index (Phi) is 4.97. The Morgan fingerprint density at radius 3 is 2.65 bits per heavy atom. The molecule has 0 saturated heterocycles. The van der Waals surface area contributed by atoms with Gasteiger partial charge >= 0.3 is 0 Å². The molecule has 0 saturated carbocycles. The van der Waals surface area contributed by atoms with Crippen LogP contribution < -0.4 is 5.73 Å². The third-order valence-electron chi connectivity index (χ3n) is 2.62. The molecule has 0 aromatic heterocycles. The maximum atomic E-state index is 12.2. The van der Waals surface area contributed by atoms with Gasteiger partial charge in [0.25, 0.3) is 5.91 Å². The topological polar surface area (TPSA) is 66.6 Å². The van der Waals surface area contributed by atoms with E-state index >= 15 is 0 Å². The van der Waals surface area contributed by atoms with Crippen LogP contribution in [0.15, 0.2) is 18.2 Å². The van der Waals surface area contributed by atoms with Crippen molar-refractivity contribution in [2.45, 2.75) is 20.3 Å². The van der Waals surface area contributed by atoms with E-state index in [0.29, 0.717) is 25.2 Å². The van der Waals surface area contributed by atoms with Gasteiger partial charge in [0.1, 0.15) is 5.75 Å². The van der Waals surface area contributed by atoms with Gasteiger partial charge in [-0.1, -0.05) is 6.92 Å². The van der Waals surface area contributed by atoms with E-state index in [-0.39, 0.29) is 11.7 Å². The predicted molar refractivity (Wildman–Crippen MR) is 68.1 cm³/mol. The molecule has 0 aliphatic carbocycles. The summed E-state index contributed by atoms with van der Waals surface area (Å²) in [5, 5.41) is 9.32. The van der Waals surface area contributed by atoms with E-state index in [1.807, 2.05) is 13.8 Å². The minimum absolute atomic E-state index is 0.0187. The fourth-order valence-electron chi connectivity index (χ4n) is 1.80. The van der Waals surface area contributed by atoms with Crippen LogP contribution in [0.25, 0.3) is 0 Å². The van der Waals surface area contributed by atoms with Crippen LogP contribution in [0.1, 0.15) is 29.3 Å². The van der Waals surface area contributed by atoms with E-state index in [2.05, 4.69) is 0 Å². The molecule has 1 rings (SSSR count). The highest BCUT2D eigenvalue weighted by Gasteiger charge is 2.16. The van der Waals surface area contributed by atoms with Gasteiger partial charge in [0.05, 0.1) is 0 Å². The number of hydrogen-bond donors (Lipinski definition) is 2. The van der Waals surface area contributed by atoms with E-state index in [4.69, 9.17) is 5.73 Å². The lowest BCUT2D eigenvalue weighted by Crippen LogP contribution is -2.36. The fraction of sp³-hybridized carbons (Fsp3) is 0.462. The first-order chi connectivity index (χ1) is 8.10.